The van der Waals surface area contributed by atoms with E-state index in [0.717, 1.165) is 24.6 Å². The summed E-state index contributed by atoms with van der Waals surface area (Å²) in [4.78, 5) is 6.97. The summed E-state index contributed by atoms with van der Waals surface area (Å²) in [7, 11) is 0. The van der Waals surface area contributed by atoms with Crippen LogP contribution in [-0.4, -0.2) is 18.1 Å². The van der Waals surface area contributed by atoms with Gasteiger partial charge in [-0.3, -0.25) is 0 Å². The van der Waals surface area contributed by atoms with E-state index >= 15 is 0 Å². The molecular formula is C14H23N3. The molecule has 0 amide bonds. The molecule has 0 aromatic carbocycles. The van der Waals surface area contributed by atoms with Crippen LogP contribution in [0.2, 0.25) is 0 Å². The fraction of sp³-hybridized carbons (Fsp3) is 0.643. The summed E-state index contributed by atoms with van der Waals surface area (Å²) in [5, 5.41) is 0. The van der Waals surface area contributed by atoms with Gasteiger partial charge >= 0.3 is 0 Å². The quantitative estimate of drug-likeness (QED) is 0.872. The molecule has 0 saturated carbocycles. The molecule has 17 heavy (non-hydrogen) atoms. The molecule has 3 heteroatoms. The van der Waals surface area contributed by atoms with Crippen molar-refractivity contribution in [2.45, 2.75) is 39.7 Å². The molecule has 2 rings (SSSR count). The first-order valence-corrected chi connectivity index (χ1v) is 6.58. The Morgan fingerprint density at radius 2 is 2.06 bits per heavy atom. The first kappa shape index (κ1) is 12.4. The van der Waals surface area contributed by atoms with Gasteiger partial charge in [0.15, 0.2) is 0 Å². The van der Waals surface area contributed by atoms with E-state index in [-0.39, 0.29) is 0 Å². The fourth-order valence-electron chi connectivity index (χ4n) is 2.39. The average Bonchev–Trinajstić information content (AvgIpc) is 2.40. The lowest BCUT2D eigenvalue weighted by Crippen LogP contribution is -2.38. The van der Waals surface area contributed by atoms with Crippen LogP contribution < -0.4 is 10.6 Å². The van der Waals surface area contributed by atoms with Crippen molar-refractivity contribution in [3.05, 3.63) is 23.9 Å². The number of nitrogens with zero attached hydrogens (tertiary/aromatic N) is 2. The lowest BCUT2D eigenvalue weighted by atomic mass is 9.78. The maximum Gasteiger partial charge on any atom is 0.128 e. The Bertz CT molecular complexity index is 367. The van der Waals surface area contributed by atoms with Crippen LogP contribution in [0.1, 0.15) is 38.8 Å². The summed E-state index contributed by atoms with van der Waals surface area (Å²) in [5.74, 6) is 1.09. The Kier molecular flexibility index (Phi) is 3.67. The highest BCUT2D eigenvalue weighted by molar-refractivity contribution is 5.39. The predicted octanol–water partition coefficient (Wildman–Crippen LogP) is 2.56. The van der Waals surface area contributed by atoms with Gasteiger partial charge in [0.05, 0.1) is 5.69 Å². The van der Waals surface area contributed by atoms with E-state index in [1.54, 1.807) is 0 Å². The number of hydrogen-bond acceptors (Lipinski definition) is 3. The third-order valence-corrected chi connectivity index (χ3v) is 4.15. The van der Waals surface area contributed by atoms with E-state index in [1.807, 2.05) is 6.07 Å². The second-order valence-corrected chi connectivity index (χ2v) is 5.34. The van der Waals surface area contributed by atoms with Gasteiger partial charge in [0.1, 0.15) is 5.82 Å². The number of pyridine rings is 1. The number of hydrogen-bond donors (Lipinski definition) is 1. The molecule has 0 radical (unpaired) electrons. The Hall–Kier alpha value is -1.09. The fourth-order valence-corrected chi connectivity index (χ4v) is 2.39. The van der Waals surface area contributed by atoms with Gasteiger partial charge in [-0.2, -0.15) is 0 Å². The van der Waals surface area contributed by atoms with Gasteiger partial charge in [-0.15, -0.1) is 0 Å². The van der Waals surface area contributed by atoms with Crippen molar-refractivity contribution >= 4 is 5.82 Å². The van der Waals surface area contributed by atoms with Gasteiger partial charge < -0.3 is 10.6 Å². The molecule has 2 heterocycles. The van der Waals surface area contributed by atoms with E-state index in [9.17, 15) is 0 Å². The second kappa shape index (κ2) is 5.05. The van der Waals surface area contributed by atoms with Crippen molar-refractivity contribution in [1.29, 1.82) is 0 Å². The highest BCUT2D eigenvalue weighted by atomic mass is 15.2. The first-order chi connectivity index (χ1) is 8.17. The van der Waals surface area contributed by atoms with Gasteiger partial charge in [-0.25, -0.2) is 4.98 Å². The van der Waals surface area contributed by atoms with Crippen LogP contribution in [0.4, 0.5) is 5.82 Å². The minimum Gasteiger partial charge on any atom is -0.357 e. The molecule has 94 valence electrons. The topological polar surface area (TPSA) is 42.1 Å². The maximum atomic E-state index is 5.63. The van der Waals surface area contributed by atoms with Crippen molar-refractivity contribution in [1.82, 2.24) is 4.98 Å². The Balaban J connectivity index is 2.05. The van der Waals surface area contributed by atoms with Crippen LogP contribution in [0.3, 0.4) is 0 Å². The Morgan fingerprint density at radius 3 is 2.65 bits per heavy atom. The van der Waals surface area contributed by atoms with Crippen LogP contribution in [0.15, 0.2) is 18.2 Å². The molecule has 0 spiro atoms. The molecule has 0 atom stereocenters. The molecule has 1 aromatic heterocycles. The van der Waals surface area contributed by atoms with Crippen LogP contribution in [-0.2, 0) is 6.54 Å². The Morgan fingerprint density at radius 1 is 1.35 bits per heavy atom. The van der Waals surface area contributed by atoms with Gasteiger partial charge in [-0.05, 0) is 30.4 Å². The van der Waals surface area contributed by atoms with Crippen LogP contribution >= 0.6 is 0 Å². The van der Waals surface area contributed by atoms with E-state index in [1.165, 1.54) is 19.3 Å². The van der Waals surface area contributed by atoms with Crippen molar-refractivity contribution in [3.8, 4) is 0 Å². The molecule has 2 N–H and O–H groups in total. The highest BCUT2D eigenvalue weighted by Crippen LogP contribution is 2.35. The Labute approximate surface area is 104 Å². The van der Waals surface area contributed by atoms with Gasteiger partial charge in [0, 0.05) is 19.6 Å². The standard InChI is InChI=1S/C14H23N3/c1-3-14(2)7-9-17(10-8-14)13-6-4-5-12(11-15)16-13/h4-6H,3,7-11,15H2,1-2H3. The number of anilines is 1. The van der Waals surface area contributed by atoms with Gasteiger partial charge in [0.25, 0.3) is 0 Å². The summed E-state index contributed by atoms with van der Waals surface area (Å²) in [5.41, 5.74) is 7.14. The van der Waals surface area contributed by atoms with Crippen molar-refractivity contribution in [3.63, 3.8) is 0 Å². The number of nitrogens with two attached hydrogens (primary N) is 1. The first-order valence-electron chi connectivity index (χ1n) is 6.58. The van der Waals surface area contributed by atoms with Crippen molar-refractivity contribution in [2.75, 3.05) is 18.0 Å². The van der Waals surface area contributed by atoms with Gasteiger partial charge in [-0.1, -0.05) is 26.3 Å². The molecule has 0 bridgehead atoms. The minimum atomic E-state index is 0.522. The molecule has 1 aromatic rings. The zero-order valence-corrected chi connectivity index (χ0v) is 10.9. The van der Waals surface area contributed by atoms with Gasteiger partial charge in [0.2, 0.25) is 0 Å². The predicted molar refractivity (Wildman–Crippen MR) is 72.0 cm³/mol. The lowest BCUT2D eigenvalue weighted by Gasteiger charge is -2.39. The normalized spacial score (nSPS) is 19.4. The number of rotatable bonds is 3. The lowest BCUT2D eigenvalue weighted by molar-refractivity contribution is 0.238. The van der Waals surface area contributed by atoms with E-state index in [0.29, 0.717) is 12.0 Å². The minimum absolute atomic E-state index is 0.522. The molecule has 3 nitrogen and oxygen atoms in total. The highest BCUT2D eigenvalue weighted by Gasteiger charge is 2.28. The summed E-state index contributed by atoms with van der Waals surface area (Å²) in [6.45, 7) is 7.45. The number of aromatic nitrogens is 1. The van der Waals surface area contributed by atoms with E-state index in [4.69, 9.17) is 5.73 Å². The molecule has 0 unspecified atom stereocenters. The second-order valence-electron chi connectivity index (χ2n) is 5.34. The van der Waals surface area contributed by atoms with Crippen molar-refractivity contribution < 1.29 is 0 Å². The smallest absolute Gasteiger partial charge is 0.128 e. The molecule has 1 aliphatic rings. The van der Waals surface area contributed by atoms with E-state index < -0.39 is 0 Å². The van der Waals surface area contributed by atoms with E-state index in [2.05, 4.69) is 35.9 Å². The third-order valence-electron chi connectivity index (χ3n) is 4.15. The molecule has 1 fully saturated rings. The molecule has 1 aliphatic heterocycles. The monoisotopic (exact) mass is 233 g/mol. The molecule has 0 aliphatic carbocycles. The van der Waals surface area contributed by atoms with Crippen LogP contribution in [0, 0.1) is 5.41 Å². The SMILES string of the molecule is CCC1(C)CCN(c2cccc(CN)n2)CC1. The zero-order chi connectivity index (χ0) is 12.3. The summed E-state index contributed by atoms with van der Waals surface area (Å²) in [6, 6.07) is 6.13. The third kappa shape index (κ3) is 2.78. The molecule has 1 saturated heterocycles. The number of piperidine rings is 1. The van der Waals surface area contributed by atoms with Crippen molar-refractivity contribution in [2.24, 2.45) is 11.1 Å². The summed E-state index contributed by atoms with van der Waals surface area (Å²) in [6.07, 6.45) is 3.80. The zero-order valence-electron chi connectivity index (χ0n) is 10.9. The summed E-state index contributed by atoms with van der Waals surface area (Å²) >= 11 is 0. The van der Waals surface area contributed by atoms with Crippen LogP contribution in [0.5, 0.6) is 0 Å². The largest absolute Gasteiger partial charge is 0.357 e. The van der Waals surface area contributed by atoms with Crippen LogP contribution in [0.25, 0.3) is 0 Å². The average molecular weight is 233 g/mol. The summed E-state index contributed by atoms with van der Waals surface area (Å²) < 4.78 is 0. The maximum absolute atomic E-state index is 5.63. The molecular weight excluding hydrogens is 210 g/mol.